The maximum Gasteiger partial charge on any atom is 0.226 e. The molecule has 1 N–H and O–H groups in total. The van der Waals surface area contributed by atoms with Crippen molar-refractivity contribution in [2.24, 2.45) is 5.92 Å². The zero-order valence-corrected chi connectivity index (χ0v) is 14.3. The molecule has 1 atom stereocenters. The highest BCUT2D eigenvalue weighted by Gasteiger charge is 2.40. The summed E-state index contributed by atoms with van der Waals surface area (Å²) in [5, 5.41) is 2.99. The number of carbonyl (C=O) groups excluding carboxylic acids is 2. The fourth-order valence-corrected chi connectivity index (χ4v) is 3.92. The standard InChI is InChI=1S/C19H25N3O2/c1-2-3-18(23)20-15-7-6-14-10-16-12-21(17(14)11-15)8-9-22(16)19(24)13-4-5-13/h6-7,11,13,16H,2-5,8-10,12H2,1H3,(H,20,23). The molecule has 1 saturated heterocycles. The molecular formula is C19H25N3O2. The van der Waals surface area contributed by atoms with Crippen LogP contribution in [-0.2, 0) is 16.0 Å². The molecule has 128 valence electrons. The lowest BCUT2D eigenvalue weighted by atomic mass is 9.93. The second-order valence-electron chi connectivity index (χ2n) is 7.25. The molecule has 4 rings (SSSR count). The van der Waals surface area contributed by atoms with E-state index in [9.17, 15) is 9.59 Å². The Labute approximate surface area is 143 Å². The van der Waals surface area contributed by atoms with Gasteiger partial charge in [-0.25, -0.2) is 0 Å². The lowest BCUT2D eigenvalue weighted by Crippen LogP contribution is -2.58. The largest absolute Gasteiger partial charge is 0.367 e. The lowest BCUT2D eigenvalue weighted by Gasteiger charge is -2.47. The Balaban J connectivity index is 1.51. The first-order valence-corrected chi connectivity index (χ1v) is 9.14. The molecule has 2 amide bonds. The Morgan fingerprint density at radius 1 is 1.25 bits per heavy atom. The highest BCUT2D eigenvalue weighted by molar-refractivity contribution is 5.91. The van der Waals surface area contributed by atoms with E-state index in [1.54, 1.807) is 0 Å². The number of hydrogen-bond donors (Lipinski definition) is 1. The van der Waals surface area contributed by atoms with E-state index in [-0.39, 0.29) is 5.91 Å². The van der Waals surface area contributed by atoms with Crippen molar-refractivity contribution in [2.45, 2.75) is 45.1 Å². The minimum Gasteiger partial charge on any atom is -0.367 e. The molecule has 0 spiro atoms. The maximum absolute atomic E-state index is 12.5. The molecule has 2 bridgehead atoms. The summed E-state index contributed by atoms with van der Waals surface area (Å²) < 4.78 is 0. The topological polar surface area (TPSA) is 52.7 Å². The van der Waals surface area contributed by atoms with E-state index in [1.807, 2.05) is 13.0 Å². The molecular weight excluding hydrogens is 302 g/mol. The van der Waals surface area contributed by atoms with Crippen molar-refractivity contribution < 1.29 is 9.59 Å². The van der Waals surface area contributed by atoms with Gasteiger partial charge in [0.2, 0.25) is 11.8 Å². The normalized spacial score (nSPS) is 22.1. The highest BCUT2D eigenvalue weighted by Crippen LogP contribution is 2.37. The molecule has 2 fully saturated rings. The van der Waals surface area contributed by atoms with E-state index in [0.717, 1.165) is 51.0 Å². The number of rotatable bonds is 4. The van der Waals surface area contributed by atoms with Crippen LogP contribution in [-0.4, -0.2) is 42.4 Å². The van der Waals surface area contributed by atoms with E-state index in [1.165, 1.54) is 11.3 Å². The molecule has 1 aromatic rings. The molecule has 2 heterocycles. The molecule has 2 aliphatic heterocycles. The third-order valence-electron chi connectivity index (χ3n) is 5.33. The number of anilines is 2. The van der Waals surface area contributed by atoms with Crippen molar-refractivity contribution in [3.8, 4) is 0 Å². The minimum absolute atomic E-state index is 0.0750. The van der Waals surface area contributed by atoms with Crippen molar-refractivity contribution in [3.63, 3.8) is 0 Å². The smallest absolute Gasteiger partial charge is 0.226 e. The van der Waals surface area contributed by atoms with Crippen LogP contribution in [0.2, 0.25) is 0 Å². The number of nitrogens with zero attached hydrogens (tertiary/aromatic N) is 2. The third kappa shape index (κ3) is 2.87. The molecule has 1 aromatic carbocycles. The predicted octanol–water partition coefficient (Wildman–Crippen LogP) is 2.41. The minimum atomic E-state index is 0.0750. The summed E-state index contributed by atoms with van der Waals surface area (Å²) in [4.78, 5) is 28.8. The fourth-order valence-electron chi connectivity index (χ4n) is 3.92. The van der Waals surface area contributed by atoms with Gasteiger partial charge in [0.1, 0.15) is 0 Å². The van der Waals surface area contributed by atoms with Crippen LogP contribution in [0, 0.1) is 5.92 Å². The zero-order chi connectivity index (χ0) is 16.7. The van der Waals surface area contributed by atoms with Crippen LogP contribution in [0.5, 0.6) is 0 Å². The molecule has 1 saturated carbocycles. The molecule has 5 nitrogen and oxygen atoms in total. The van der Waals surface area contributed by atoms with Gasteiger partial charge in [0.25, 0.3) is 0 Å². The molecule has 1 unspecified atom stereocenters. The van der Waals surface area contributed by atoms with Gasteiger partial charge in [-0.2, -0.15) is 0 Å². The van der Waals surface area contributed by atoms with Crippen LogP contribution in [0.15, 0.2) is 18.2 Å². The average Bonchev–Trinajstić information content (AvgIpc) is 3.40. The Morgan fingerprint density at radius 2 is 2.08 bits per heavy atom. The Hall–Kier alpha value is -2.04. The molecule has 0 aromatic heterocycles. The number of fused-ring (bicyclic) bond motifs is 4. The second kappa shape index (κ2) is 6.11. The second-order valence-corrected chi connectivity index (χ2v) is 7.25. The van der Waals surface area contributed by atoms with Crippen molar-refractivity contribution in [2.75, 3.05) is 29.9 Å². The number of amides is 2. The first-order chi connectivity index (χ1) is 11.7. The van der Waals surface area contributed by atoms with Crippen LogP contribution in [0.3, 0.4) is 0 Å². The van der Waals surface area contributed by atoms with Crippen LogP contribution >= 0.6 is 0 Å². The number of carbonyl (C=O) groups is 2. The van der Waals surface area contributed by atoms with E-state index in [0.29, 0.717) is 24.3 Å². The number of piperazine rings is 1. The summed E-state index contributed by atoms with van der Waals surface area (Å²) >= 11 is 0. The van der Waals surface area contributed by atoms with Crippen LogP contribution in [0.4, 0.5) is 11.4 Å². The van der Waals surface area contributed by atoms with Crippen LogP contribution in [0.25, 0.3) is 0 Å². The summed E-state index contributed by atoms with van der Waals surface area (Å²) in [5.41, 5.74) is 3.38. The van der Waals surface area contributed by atoms with E-state index in [4.69, 9.17) is 0 Å². The van der Waals surface area contributed by atoms with Gasteiger partial charge in [-0.1, -0.05) is 13.0 Å². The number of nitrogens with one attached hydrogen (secondary N) is 1. The van der Waals surface area contributed by atoms with Crippen molar-refractivity contribution in [1.29, 1.82) is 0 Å². The SMILES string of the molecule is CCCC(=O)Nc1ccc2c(c1)N1CCN(C(=O)C3CC3)C(C2)C1. The molecule has 1 aliphatic carbocycles. The first-order valence-electron chi connectivity index (χ1n) is 9.14. The molecule has 0 radical (unpaired) electrons. The summed E-state index contributed by atoms with van der Waals surface area (Å²) in [5.74, 6) is 0.742. The van der Waals surface area contributed by atoms with Gasteiger partial charge in [0.05, 0.1) is 6.04 Å². The zero-order valence-electron chi connectivity index (χ0n) is 14.3. The van der Waals surface area contributed by atoms with Crippen molar-refractivity contribution >= 4 is 23.2 Å². The highest BCUT2D eigenvalue weighted by atomic mass is 16.2. The van der Waals surface area contributed by atoms with E-state index in [2.05, 4.69) is 27.2 Å². The van der Waals surface area contributed by atoms with Gasteiger partial charge >= 0.3 is 0 Å². The average molecular weight is 327 g/mol. The van der Waals surface area contributed by atoms with Gasteiger partial charge in [0, 0.05) is 43.3 Å². The van der Waals surface area contributed by atoms with E-state index >= 15 is 0 Å². The first kappa shape index (κ1) is 15.5. The lowest BCUT2D eigenvalue weighted by molar-refractivity contribution is -0.135. The summed E-state index contributed by atoms with van der Waals surface area (Å²) in [7, 11) is 0. The van der Waals surface area contributed by atoms with Gasteiger partial charge in [0.15, 0.2) is 0 Å². The molecule has 5 heteroatoms. The molecule has 3 aliphatic rings. The Morgan fingerprint density at radius 3 is 2.83 bits per heavy atom. The van der Waals surface area contributed by atoms with Gasteiger partial charge in [-0.3, -0.25) is 9.59 Å². The van der Waals surface area contributed by atoms with Gasteiger partial charge in [-0.05, 0) is 43.4 Å². The quantitative estimate of drug-likeness (QED) is 0.924. The van der Waals surface area contributed by atoms with E-state index < -0.39 is 0 Å². The third-order valence-corrected chi connectivity index (χ3v) is 5.33. The summed E-state index contributed by atoms with van der Waals surface area (Å²) in [6, 6.07) is 6.50. The Bertz CT molecular complexity index is 669. The van der Waals surface area contributed by atoms with Crippen molar-refractivity contribution in [1.82, 2.24) is 4.90 Å². The van der Waals surface area contributed by atoms with Crippen molar-refractivity contribution in [3.05, 3.63) is 23.8 Å². The molecule has 24 heavy (non-hydrogen) atoms. The Kier molecular flexibility index (Phi) is 3.94. The van der Waals surface area contributed by atoms with Gasteiger partial charge in [-0.15, -0.1) is 0 Å². The summed E-state index contributed by atoms with van der Waals surface area (Å²) in [6.07, 6.45) is 4.48. The van der Waals surface area contributed by atoms with Crippen LogP contribution in [0.1, 0.15) is 38.2 Å². The summed E-state index contributed by atoms with van der Waals surface area (Å²) in [6.45, 7) is 4.63. The monoisotopic (exact) mass is 327 g/mol. The maximum atomic E-state index is 12.5. The fraction of sp³-hybridized carbons (Fsp3) is 0.579. The number of hydrogen-bond acceptors (Lipinski definition) is 3. The number of benzene rings is 1. The van der Waals surface area contributed by atoms with Crippen LogP contribution < -0.4 is 10.2 Å². The van der Waals surface area contributed by atoms with Gasteiger partial charge < -0.3 is 15.1 Å². The predicted molar refractivity (Wildman–Crippen MR) is 94.1 cm³/mol.